The maximum atomic E-state index is 2.41. The van der Waals surface area contributed by atoms with Crippen molar-refractivity contribution in [2.45, 2.75) is 89.9 Å². The first kappa shape index (κ1) is 18.7. The molecule has 0 nitrogen and oxygen atoms in total. The summed E-state index contributed by atoms with van der Waals surface area (Å²) in [5.74, 6) is 3.99. The lowest BCUT2D eigenvalue weighted by molar-refractivity contribution is 0.224. The summed E-state index contributed by atoms with van der Waals surface area (Å²) >= 11 is 2.41. The Hall–Kier alpha value is -0.0500. The highest BCUT2D eigenvalue weighted by atomic mass is 127. The van der Waals surface area contributed by atoms with Crippen LogP contribution >= 0.6 is 22.6 Å². The van der Waals surface area contributed by atoms with E-state index in [0.29, 0.717) is 0 Å². The second-order valence-corrected chi connectivity index (χ2v) is 9.77. The van der Waals surface area contributed by atoms with Crippen LogP contribution in [0.15, 0.2) is 24.3 Å². The second kappa shape index (κ2) is 9.59. The highest BCUT2D eigenvalue weighted by molar-refractivity contribution is 14.1. The zero-order valence-corrected chi connectivity index (χ0v) is 17.6. The molecule has 0 spiro atoms. The summed E-state index contributed by atoms with van der Waals surface area (Å²) in [6.45, 7) is 2.35. The molecule has 0 bridgehead atoms. The Morgan fingerprint density at radius 3 is 1.67 bits per heavy atom. The molecule has 2 aliphatic rings. The van der Waals surface area contributed by atoms with Crippen molar-refractivity contribution in [1.29, 1.82) is 0 Å². The molecule has 3 rings (SSSR count). The maximum Gasteiger partial charge on any atom is 0.0130 e. The van der Waals surface area contributed by atoms with Gasteiger partial charge in [-0.1, -0.05) is 70.4 Å². The number of halogens is 1. The van der Waals surface area contributed by atoms with Crippen LogP contribution in [0.3, 0.4) is 0 Å². The molecule has 1 aromatic rings. The van der Waals surface area contributed by atoms with E-state index in [0.717, 1.165) is 23.7 Å². The third-order valence-corrected chi connectivity index (χ3v) is 7.55. The third kappa shape index (κ3) is 5.47. The largest absolute Gasteiger partial charge is 0.0654 e. The van der Waals surface area contributed by atoms with Crippen LogP contribution in [0.25, 0.3) is 0 Å². The van der Waals surface area contributed by atoms with Gasteiger partial charge in [0, 0.05) is 3.57 Å². The summed E-state index contributed by atoms with van der Waals surface area (Å²) in [6.07, 6.45) is 17.8. The first-order chi connectivity index (χ1) is 11.7. The smallest absolute Gasteiger partial charge is 0.0130 e. The van der Waals surface area contributed by atoms with Crippen molar-refractivity contribution < 1.29 is 0 Å². The molecular weight excluding hydrogens is 403 g/mol. The second-order valence-electron chi connectivity index (χ2n) is 8.52. The Labute approximate surface area is 163 Å². The molecule has 0 N–H and O–H groups in total. The summed E-state index contributed by atoms with van der Waals surface area (Å²) in [5.41, 5.74) is 1.59. The molecule has 1 aromatic carbocycles. The number of hydrogen-bond acceptors (Lipinski definition) is 0. The number of benzene rings is 1. The molecule has 0 amide bonds. The zero-order valence-electron chi connectivity index (χ0n) is 15.5. The SMILES string of the molecule is CCC[C@H]1CC[C@H](CCC2CCC(c3ccc(I)cc3)CC2)CC1. The van der Waals surface area contributed by atoms with Crippen molar-refractivity contribution in [3.05, 3.63) is 33.4 Å². The predicted molar refractivity (Wildman–Crippen MR) is 113 cm³/mol. The lowest BCUT2D eigenvalue weighted by atomic mass is 9.74. The Morgan fingerprint density at radius 2 is 1.17 bits per heavy atom. The van der Waals surface area contributed by atoms with Gasteiger partial charge in [-0.05, 0) is 89.6 Å². The molecule has 0 atom stereocenters. The molecule has 2 fully saturated rings. The van der Waals surface area contributed by atoms with E-state index in [4.69, 9.17) is 0 Å². The van der Waals surface area contributed by atoms with E-state index in [1.807, 2.05) is 0 Å². The van der Waals surface area contributed by atoms with Crippen LogP contribution in [0.2, 0.25) is 0 Å². The Morgan fingerprint density at radius 1 is 0.708 bits per heavy atom. The van der Waals surface area contributed by atoms with Crippen molar-refractivity contribution in [2.24, 2.45) is 17.8 Å². The van der Waals surface area contributed by atoms with Crippen molar-refractivity contribution >= 4 is 22.6 Å². The van der Waals surface area contributed by atoms with E-state index in [9.17, 15) is 0 Å². The van der Waals surface area contributed by atoms with Gasteiger partial charge in [-0.3, -0.25) is 0 Å². The average molecular weight is 438 g/mol. The fourth-order valence-corrected chi connectivity index (χ4v) is 5.57. The van der Waals surface area contributed by atoms with Crippen LogP contribution < -0.4 is 0 Å². The first-order valence-electron chi connectivity index (χ1n) is 10.5. The molecule has 0 saturated heterocycles. The predicted octanol–water partition coefficient (Wildman–Crippen LogP) is 7.95. The highest BCUT2D eigenvalue weighted by Gasteiger charge is 2.25. The van der Waals surface area contributed by atoms with Gasteiger partial charge in [-0.25, -0.2) is 0 Å². The number of rotatable bonds is 6. The van der Waals surface area contributed by atoms with Crippen LogP contribution in [0.4, 0.5) is 0 Å². The molecule has 24 heavy (non-hydrogen) atoms. The zero-order chi connectivity index (χ0) is 16.8. The first-order valence-corrected chi connectivity index (χ1v) is 11.6. The molecule has 0 aliphatic heterocycles. The lowest BCUT2D eigenvalue weighted by Gasteiger charge is -2.32. The maximum absolute atomic E-state index is 2.41. The van der Waals surface area contributed by atoms with Crippen molar-refractivity contribution in [1.82, 2.24) is 0 Å². The van der Waals surface area contributed by atoms with Gasteiger partial charge < -0.3 is 0 Å². The normalized spacial score (nSPS) is 31.1. The van der Waals surface area contributed by atoms with Gasteiger partial charge in [0.25, 0.3) is 0 Å². The fraction of sp³-hybridized carbons (Fsp3) is 0.739. The summed E-state index contributed by atoms with van der Waals surface area (Å²) in [4.78, 5) is 0. The van der Waals surface area contributed by atoms with Gasteiger partial charge in [0.1, 0.15) is 0 Å². The highest BCUT2D eigenvalue weighted by Crippen LogP contribution is 2.40. The van der Waals surface area contributed by atoms with Crippen LogP contribution in [-0.2, 0) is 0 Å². The molecule has 2 aliphatic carbocycles. The quantitative estimate of drug-likeness (QED) is 0.395. The summed E-state index contributed by atoms with van der Waals surface area (Å²) < 4.78 is 1.36. The third-order valence-electron chi connectivity index (χ3n) is 6.83. The van der Waals surface area contributed by atoms with Gasteiger partial charge in [-0.2, -0.15) is 0 Å². The van der Waals surface area contributed by atoms with Gasteiger partial charge in [-0.15, -0.1) is 0 Å². The van der Waals surface area contributed by atoms with E-state index < -0.39 is 0 Å². The summed E-state index contributed by atoms with van der Waals surface area (Å²) in [6, 6.07) is 9.27. The van der Waals surface area contributed by atoms with Crippen molar-refractivity contribution in [3.8, 4) is 0 Å². The van der Waals surface area contributed by atoms with Gasteiger partial charge >= 0.3 is 0 Å². The van der Waals surface area contributed by atoms with Crippen molar-refractivity contribution in [2.75, 3.05) is 0 Å². The topological polar surface area (TPSA) is 0 Å². The molecule has 0 unspecified atom stereocenters. The monoisotopic (exact) mass is 438 g/mol. The van der Waals surface area contributed by atoms with E-state index in [1.165, 1.54) is 80.6 Å². The summed E-state index contributed by atoms with van der Waals surface area (Å²) in [7, 11) is 0. The Bertz CT molecular complexity index is 461. The van der Waals surface area contributed by atoms with E-state index >= 15 is 0 Å². The molecule has 2 saturated carbocycles. The minimum absolute atomic E-state index is 0.836. The molecule has 0 aromatic heterocycles. The van der Waals surface area contributed by atoms with Crippen LogP contribution in [0.5, 0.6) is 0 Å². The standard InChI is InChI=1S/C23H35I/c1-2-3-18-4-6-19(7-5-18)8-9-20-10-12-21(13-11-20)22-14-16-23(24)17-15-22/h14-21H,2-13H2,1H3/t18-,19-,20?,21?. The van der Waals surface area contributed by atoms with E-state index in [1.54, 1.807) is 5.56 Å². The molecule has 134 valence electrons. The molecular formula is C23H35I. The van der Waals surface area contributed by atoms with Crippen LogP contribution in [-0.4, -0.2) is 0 Å². The summed E-state index contributed by atoms with van der Waals surface area (Å²) in [5, 5.41) is 0. The minimum atomic E-state index is 0.836. The molecule has 1 heteroatoms. The fourth-order valence-electron chi connectivity index (χ4n) is 5.21. The van der Waals surface area contributed by atoms with E-state index in [-0.39, 0.29) is 0 Å². The van der Waals surface area contributed by atoms with Crippen LogP contribution in [0.1, 0.15) is 95.5 Å². The van der Waals surface area contributed by atoms with Gasteiger partial charge in [0.2, 0.25) is 0 Å². The molecule has 0 radical (unpaired) electrons. The number of hydrogen-bond donors (Lipinski definition) is 0. The molecule has 0 heterocycles. The van der Waals surface area contributed by atoms with Gasteiger partial charge in [0.05, 0.1) is 0 Å². The Balaban J connectivity index is 1.35. The van der Waals surface area contributed by atoms with Gasteiger partial charge in [0.15, 0.2) is 0 Å². The lowest BCUT2D eigenvalue weighted by Crippen LogP contribution is -2.17. The average Bonchev–Trinajstić information content (AvgIpc) is 2.63. The van der Waals surface area contributed by atoms with Crippen LogP contribution in [0, 0.1) is 21.3 Å². The Kier molecular flexibility index (Phi) is 7.49. The van der Waals surface area contributed by atoms with Crippen molar-refractivity contribution in [3.63, 3.8) is 0 Å². The minimum Gasteiger partial charge on any atom is -0.0654 e. The van der Waals surface area contributed by atoms with E-state index in [2.05, 4.69) is 53.8 Å².